The third kappa shape index (κ3) is 4.31. The first kappa shape index (κ1) is 23.2. The highest BCUT2D eigenvalue weighted by molar-refractivity contribution is 5.91. The average molecular weight is 499 g/mol. The number of benzene rings is 2. The van der Waals surface area contributed by atoms with Gasteiger partial charge in [0.25, 0.3) is 5.56 Å². The van der Waals surface area contributed by atoms with Crippen molar-refractivity contribution in [1.82, 2.24) is 29.5 Å². The third-order valence-electron chi connectivity index (χ3n) is 7.18. The lowest BCUT2D eigenvalue weighted by atomic mass is 10.0. The summed E-state index contributed by atoms with van der Waals surface area (Å²) in [5.41, 5.74) is 4.32. The maximum absolute atomic E-state index is 15.7. The molecule has 188 valence electrons. The topological polar surface area (TPSA) is 90.0 Å². The molecule has 4 heterocycles. The quantitative estimate of drug-likeness (QED) is 0.394. The van der Waals surface area contributed by atoms with E-state index in [1.54, 1.807) is 23.9 Å². The summed E-state index contributed by atoms with van der Waals surface area (Å²) in [7, 11) is 1.86. The Labute approximate surface area is 212 Å². The SMILES string of the molecule is CC(=O)N1CCN(Cc2ccc3[nH]c(-c4cc5cc(-c6cnn(C)c6)ccc5[nH]c4=O)c(F)c3c2)CC1. The van der Waals surface area contributed by atoms with E-state index >= 15 is 4.39 Å². The van der Waals surface area contributed by atoms with E-state index in [1.165, 1.54) is 0 Å². The zero-order chi connectivity index (χ0) is 25.7. The molecule has 0 unspecified atom stereocenters. The number of carbonyl (C=O) groups excluding carboxylic acids is 1. The van der Waals surface area contributed by atoms with Gasteiger partial charge in [0.15, 0.2) is 5.82 Å². The molecular weight excluding hydrogens is 471 g/mol. The molecule has 3 aromatic heterocycles. The second-order valence-corrected chi connectivity index (χ2v) is 9.69. The number of pyridine rings is 1. The number of nitrogens with one attached hydrogen (secondary N) is 2. The van der Waals surface area contributed by atoms with Crippen molar-refractivity contribution >= 4 is 27.7 Å². The molecular formula is C28H27FN6O2. The molecule has 1 amide bonds. The van der Waals surface area contributed by atoms with Crippen LogP contribution in [-0.2, 0) is 18.4 Å². The molecule has 0 spiro atoms. The van der Waals surface area contributed by atoms with E-state index in [4.69, 9.17) is 0 Å². The molecule has 1 fully saturated rings. The van der Waals surface area contributed by atoms with Crippen molar-refractivity contribution in [2.45, 2.75) is 13.5 Å². The number of aromatic amines is 2. The monoisotopic (exact) mass is 498 g/mol. The summed E-state index contributed by atoms with van der Waals surface area (Å²) in [5, 5.41) is 5.49. The van der Waals surface area contributed by atoms with Gasteiger partial charge >= 0.3 is 0 Å². The predicted octanol–water partition coefficient (Wildman–Crippen LogP) is 3.88. The molecule has 0 radical (unpaired) electrons. The van der Waals surface area contributed by atoms with Crippen molar-refractivity contribution in [1.29, 1.82) is 0 Å². The minimum atomic E-state index is -0.438. The van der Waals surface area contributed by atoms with Crippen LogP contribution < -0.4 is 5.56 Å². The molecule has 6 rings (SSSR count). The van der Waals surface area contributed by atoms with Crippen LogP contribution in [0.3, 0.4) is 0 Å². The Morgan fingerprint density at radius 2 is 1.78 bits per heavy atom. The van der Waals surface area contributed by atoms with Crippen LogP contribution in [0.1, 0.15) is 12.5 Å². The van der Waals surface area contributed by atoms with Gasteiger partial charge in [-0.05, 0) is 46.8 Å². The second kappa shape index (κ2) is 9.01. The Kier molecular flexibility index (Phi) is 5.64. The number of aryl methyl sites for hydroxylation is 1. The Morgan fingerprint density at radius 1 is 1.00 bits per heavy atom. The zero-order valence-electron chi connectivity index (χ0n) is 20.7. The average Bonchev–Trinajstić information content (AvgIpc) is 3.47. The molecule has 2 N–H and O–H groups in total. The Morgan fingerprint density at radius 3 is 2.51 bits per heavy atom. The fraction of sp³-hybridized carbons (Fsp3) is 0.250. The van der Waals surface area contributed by atoms with E-state index in [9.17, 15) is 9.59 Å². The number of rotatable bonds is 4. The molecule has 2 aromatic carbocycles. The van der Waals surface area contributed by atoms with Crippen molar-refractivity contribution in [3.8, 4) is 22.4 Å². The first-order valence-corrected chi connectivity index (χ1v) is 12.3. The molecule has 8 nitrogen and oxygen atoms in total. The number of piperazine rings is 1. The molecule has 1 saturated heterocycles. The van der Waals surface area contributed by atoms with Crippen molar-refractivity contribution < 1.29 is 9.18 Å². The molecule has 5 aromatic rings. The van der Waals surface area contributed by atoms with Crippen molar-refractivity contribution in [2.24, 2.45) is 7.05 Å². The summed E-state index contributed by atoms with van der Waals surface area (Å²) in [6.07, 6.45) is 3.71. The molecule has 0 aliphatic carbocycles. The lowest BCUT2D eigenvalue weighted by Crippen LogP contribution is -2.47. The standard InChI is InChI=1S/C28H27FN6O2/c1-17(36)35-9-7-34(8-10-35)15-18-3-5-25-22(11-18)26(29)27(31-25)23-13-20-12-19(21-14-30-33(2)16-21)4-6-24(20)32-28(23)37/h3-6,11-14,16,31H,7-10,15H2,1-2H3,(H,32,37). The van der Waals surface area contributed by atoms with Crippen LogP contribution >= 0.6 is 0 Å². The highest BCUT2D eigenvalue weighted by Crippen LogP contribution is 2.30. The Bertz CT molecular complexity index is 1710. The highest BCUT2D eigenvalue weighted by atomic mass is 19.1. The van der Waals surface area contributed by atoms with Crippen LogP contribution in [-0.4, -0.2) is 61.6 Å². The molecule has 0 atom stereocenters. The zero-order valence-corrected chi connectivity index (χ0v) is 20.7. The molecule has 9 heteroatoms. The Hall–Kier alpha value is -4.24. The number of amides is 1. The van der Waals surface area contributed by atoms with Gasteiger partial charge in [-0.2, -0.15) is 5.10 Å². The minimum Gasteiger partial charge on any atom is -0.352 e. The summed E-state index contributed by atoms with van der Waals surface area (Å²) in [5.74, 6) is -0.341. The van der Waals surface area contributed by atoms with E-state index in [0.717, 1.165) is 35.2 Å². The fourth-order valence-electron chi connectivity index (χ4n) is 5.11. The minimum absolute atomic E-state index is 0.0972. The van der Waals surface area contributed by atoms with Gasteiger partial charge in [-0.3, -0.25) is 19.2 Å². The first-order valence-electron chi connectivity index (χ1n) is 12.3. The largest absolute Gasteiger partial charge is 0.352 e. The van der Waals surface area contributed by atoms with Crippen LogP contribution in [0.2, 0.25) is 0 Å². The maximum Gasteiger partial charge on any atom is 0.257 e. The van der Waals surface area contributed by atoms with Crippen LogP contribution in [0.15, 0.2) is 59.7 Å². The van der Waals surface area contributed by atoms with Crippen LogP contribution in [0.5, 0.6) is 0 Å². The maximum atomic E-state index is 15.7. The fourth-order valence-corrected chi connectivity index (χ4v) is 5.11. The summed E-state index contributed by atoms with van der Waals surface area (Å²) in [6.45, 7) is 5.24. The number of aromatic nitrogens is 4. The lowest BCUT2D eigenvalue weighted by Gasteiger charge is -2.34. The summed E-state index contributed by atoms with van der Waals surface area (Å²) in [4.78, 5) is 34.6. The lowest BCUT2D eigenvalue weighted by molar-refractivity contribution is -0.130. The van der Waals surface area contributed by atoms with E-state index in [0.29, 0.717) is 36.1 Å². The van der Waals surface area contributed by atoms with Gasteiger partial charge in [-0.15, -0.1) is 0 Å². The predicted molar refractivity (Wildman–Crippen MR) is 142 cm³/mol. The number of fused-ring (bicyclic) bond motifs is 2. The van der Waals surface area contributed by atoms with Gasteiger partial charge in [0, 0.05) is 74.9 Å². The number of nitrogens with zero attached hydrogens (tertiary/aromatic N) is 4. The number of halogens is 1. The van der Waals surface area contributed by atoms with Crippen molar-refractivity contribution in [3.63, 3.8) is 0 Å². The normalized spacial score (nSPS) is 14.6. The van der Waals surface area contributed by atoms with Crippen molar-refractivity contribution in [2.75, 3.05) is 26.2 Å². The van der Waals surface area contributed by atoms with E-state index in [-0.39, 0.29) is 22.7 Å². The number of carbonyl (C=O) groups is 1. The van der Waals surface area contributed by atoms with Crippen LogP contribution in [0.4, 0.5) is 4.39 Å². The second-order valence-electron chi connectivity index (χ2n) is 9.69. The van der Waals surface area contributed by atoms with E-state index in [2.05, 4.69) is 20.0 Å². The van der Waals surface area contributed by atoms with Crippen LogP contribution in [0, 0.1) is 5.82 Å². The van der Waals surface area contributed by atoms with Crippen LogP contribution in [0.25, 0.3) is 44.2 Å². The number of hydrogen-bond donors (Lipinski definition) is 2. The molecule has 1 aliphatic rings. The summed E-state index contributed by atoms with van der Waals surface area (Å²) >= 11 is 0. The Balaban J connectivity index is 1.32. The molecule has 0 saturated carbocycles. The highest BCUT2D eigenvalue weighted by Gasteiger charge is 2.20. The van der Waals surface area contributed by atoms with Gasteiger partial charge in [-0.25, -0.2) is 4.39 Å². The third-order valence-corrected chi connectivity index (χ3v) is 7.18. The number of H-pyrrole nitrogens is 2. The summed E-state index contributed by atoms with van der Waals surface area (Å²) in [6, 6.07) is 13.2. The summed E-state index contributed by atoms with van der Waals surface area (Å²) < 4.78 is 17.4. The van der Waals surface area contributed by atoms with E-state index in [1.807, 2.05) is 54.5 Å². The number of hydrogen-bond acceptors (Lipinski definition) is 4. The van der Waals surface area contributed by atoms with E-state index < -0.39 is 5.82 Å². The van der Waals surface area contributed by atoms with Crippen molar-refractivity contribution in [3.05, 3.63) is 76.6 Å². The smallest absolute Gasteiger partial charge is 0.257 e. The molecule has 0 bridgehead atoms. The van der Waals surface area contributed by atoms with Gasteiger partial charge < -0.3 is 14.9 Å². The van der Waals surface area contributed by atoms with Gasteiger partial charge in [-0.1, -0.05) is 12.1 Å². The van der Waals surface area contributed by atoms with Gasteiger partial charge in [0.2, 0.25) is 5.91 Å². The first-order chi connectivity index (χ1) is 17.9. The van der Waals surface area contributed by atoms with Gasteiger partial charge in [0.1, 0.15) is 0 Å². The molecule has 1 aliphatic heterocycles. The molecule has 37 heavy (non-hydrogen) atoms. The van der Waals surface area contributed by atoms with Gasteiger partial charge in [0.05, 0.1) is 17.5 Å².